The van der Waals surface area contributed by atoms with Crippen molar-refractivity contribution in [3.05, 3.63) is 0 Å². The first-order valence-electron chi connectivity index (χ1n) is 8.12. The highest BCUT2D eigenvalue weighted by atomic mass is 16.4. The number of nitrogens with one attached hydrogen (secondary N) is 1. The molecule has 1 atom stereocenters. The van der Waals surface area contributed by atoms with Crippen molar-refractivity contribution in [3.63, 3.8) is 0 Å². The normalized spacial score (nSPS) is 23.9. The summed E-state index contributed by atoms with van der Waals surface area (Å²) in [5.74, 6) is -1.18. The summed E-state index contributed by atoms with van der Waals surface area (Å²) in [6.45, 7) is 5.80. The summed E-state index contributed by atoms with van der Waals surface area (Å²) in [4.78, 5) is 27.7. The number of nitrogens with zero attached hydrogens (tertiary/aromatic N) is 2. The lowest BCUT2D eigenvalue weighted by atomic mass is 9.98. The number of hydrogen-bond donors (Lipinski definition) is 2. The first-order chi connectivity index (χ1) is 10.1. The SMILES string of the molecule is CCCN(C(=O)N1CCCC(C(=O)O)C1)C1CCNCC1. The molecule has 6 nitrogen and oxygen atoms in total. The van der Waals surface area contributed by atoms with Crippen molar-refractivity contribution in [1.29, 1.82) is 0 Å². The number of urea groups is 1. The Morgan fingerprint density at radius 3 is 2.62 bits per heavy atom. The molecule has 2 N–H and O–H groups in total. The molecule has 2 amide bonds. The minimum atomic E-state index is -0.781. The number of rotatable bonds is 4. The molecule has 1 unspecified atom stereocenters. The molecule has 0 aliphatic carbocycles. The predicted molar refractivity (Wildman–Crippen MR) is 80.2 cm³/mol. The maximum atomic E-state index is 12.8. The molecule has 0 radical (unpaired) electrons. The summed E-state index contributed by atoms with van der Waals surface area (Å²) < 4.78 is 0. The molecule has 2 fully saturated rings. The number of carbonyl (C=O) groups excluding carboxylic acids is 1. The van der Waals surface area contributed by atoms with Crippen LogP contribution in [0.4, 0.5) is 4.79 Å². The van der Waals surface area contributed by atoms with E-state index in [0.717, 1.165) is 45.3 Å². The van der Waals surface area contributed by atoms with Gasteiger partial charge in [-0.05, 0) is 45.2 Å². The van der Waals surface area contributed by atoms with Gasteiger partial charge in [0.05, 0.1) is 5.92 Å². The van der Waals surface area contributed by atoms with Crippen LogP contribution >= 0.6 is 0 Å². The lowest BCUT2D eigenvalue weighted by molar-refractivity contribution is -0.143. The Morgan fingerprint density at radius 1 is 1.29 bits per heavy atom. The standard InChI is InChI=1S/C15H27N3O3/c1-2-9-18(13-5-7-16-8-6-13)15(21)17-10-3-4-12(11-17)14(19)20/h12-13,16H,2-11H2,1H3,(H,19,20). The molecule has 0 aromatic rings. The van der Waals surface area contributed by atoms with Crippen molar-refractivity contribution in [2.24, 2.45) is 5.92 Å². The van der Waals surface area contributed by atoms with Crippen molar-refractivity contribution < 1.29 is 14.7 Å². The summed E-state index contributed by atoms with van der Waals surface area (Å²) in [7, 11) is 0. The molecule has 2 rings (SSSR count). The third kappa shape index (κ3) is 4.09. The van der Waals surface area contributed by atoms with Crippen LogP contribution in [0.5, 0.6) is 0 Å². The van der Waals surface area contributed by atoms with Crippen LogP contribution < -0.4 is 5.32 Å². The third-order valence-electron chi connectivity index (χ3n) is 4.50. The van der Waals surface area contributed by atoms with Crippen molar-refractivity contribution in [3.8, 4) is 0 Å². The maximum Gasteiger partial charge on any atom is 0.320 e. The number of carboxylic acids is 1. The third-order valence-corrected chi connectivity index (χ3v) is 4.50. The minimum Gasteiger partial charge on any atom is -0.481 e. The molecule has 21 heavy (non-hydrogen) atoms. The first-order valence-corrected chi connectivity index (χ1v) is 8.12. The summed E-state index contributed by atoms with van der Waals surface area (Å²) >= 11 is 0. The minimum absolute atomic E-state index is 0.0368. The zero-order chi connectivity index (χ0) is 15.2. The van der Waals surface area contributed by atoms with E-state index >= 15 is 0 Å². The van der Waals surface area contributed by atoms with Gasteiger partial charge in [-0.25, -0.2) is 4.79 Å². The highest BCUT2D eigenvalue weighted by Gasteiger charge is 2.33. The van der Waals surface area contributed by atoms with Crippen LogP contribution in [0.1, 0.15) is 39.0 Å². The molecular formula is C15H27N3O3. The van der Waals surface area contributed by atoms with Gasteiger partial charge >= 0.3 is 12.0 Å². The molecular weight excluding hydrogens is 270 g/mol. The van der Waals surface area contributed by atoms with Crippen molar-refractivity contribution in [2.75, 3.05) is 32.7 Å². The molecule has 0 bridgehead atoms. The molecule has 0 saturated carbocycles. The summed E-state index contributed by atoms with van der Waals surface area (Å²) in [5, 5.41) is 12.5. The predicted octanol–water partition coefficient (Wildman–Crippen LogP) is 1.37. The molecule has 2 heterocycles. The monoisotopic (exact) mass is 297 g/mol. The molecule has 0 aromatic heterocycles. The highest BCUT2D eigenvalue weighted by Crippen LogP contribution is 2.21. The molecule has 2 aliphatic heterocycles. The maximum absolute atomic E-state index is 12.8. The lowest BCUT2D eigenvalue weighted by Crippen LogP contribution is -2.54. The van der Waals surface area contributed by atoms with Gasteiger partial charge in [0.2, 0.25) is 0 Å². The molecule has 120 valence electrons. The Bertz CT molecular complexity index is 369. The van der Waals surface area contributed by atoms with Crippen LogP contribution in [0.15, 0.2) is 0 Å². The molecule has 6 heteroatoms. The first kappa shape index (κ1) is 16.1. The Hall–Kier alpha value is -1.30. The molecule has 0 spiro atoms. The summed E-state index contributed by atoms with van der Waals surface area (Å²) in [5.41, 5.74) is 0. The molecule has 2 saturated heterocycles. The Morgan fingerprint density at radius 2 is 2.00 bits per heavy atom. The van der Waals surface area contributed by atoms with Gasteiger partial charge in [0.15, 0.2) is 0 Å². The average molecular weight is 297 g/mol. The number of piperidine rings is 2. The van der Waals surface area contributed by atoms with Crippen molar-refractivity contribution in [1.82, 2.24) is 15.1 Å². The highest BCUT2D eigenvalue weighted by molar-refractivity contribution is 5.77. The van der Waals surface area contributed by atoms with Gasteiger partial charge in [0.25, 0.3) is 0 Å². The zero-order valence-electron chi connectivity index (χ0n) is 12.9. The van der Waals surface area contributed by atoms with E-state index in [2.05, 4.69) is 12.2 Å². The Kier molecular flexibility index (Phi) is 5.85. The van der Waals surface area contributed by atoms with E-state index in [-0.39, 0.29) is 6.03 Å². The quantitative estimate of drug-likeness (QED) is 0.822. The van der Waals surface area contributed by atoms with E-state index in [1.807, 2.05) is 4.90 Å². The van der Waals surface area contributed by atoms with Gasteiger partial charge in [-0.2, -0.15) is 0 Å². The number of carbonyl (C=O) groups is 2. The van der Waals surface area contributed by atoms with E-state index in [1.165, 1.54) is 0 Å². The van der Waals surface area contributed by atoms with E-state index in [9.17, 15) is 9.59 Å². The number of aliphatic carboxylic acids is 1. The number of carboxylic acid groups (broad SMARTS) is 1. The summed E-state index contributed by atoms with van der Waals surface area (Å²) in [6.07, 6.45) is 4.38. The van der Waals surface area contributed by atoms with Gasteiger partial charge in [-0.3, -0.25) is 4.79 Å². The largest absolute Gasteiger partial charge is 0.481 e. The van der Waals surface area contributed by atoms with Gasteiger partial charge in [0.1, 0.15) is 0 Å². The van der Waals surface area contributed by atoms with Crippen LogP contribution in [-0.2, 0) is 4.79 Å². The van der Waals surface area contributed by atoms with Crippen LogP contribution in [-0.4, -0.2) is 65.7 Å². The second-order valence-electron chi connectivity index (χ2n) is 6.08. The zero-order valence-corrected chi connectivity index (χ0v) is 12.9. The average Bonchev–Trinajstić information content (AvgIpc) is 2.53. The van der Waals surface area contributed by atoms with Crippen LogP contribution in [0.2, 0.25) is 0 Å². The summed E-state index contributed by atoms with van der Waals surface area (Å²) in [6, 6.07) is 0.332. The Labute approximate surface area is 126 Å². The fourth-order valence-electron chi connectivity index (χ4n) is 3.33. The lowest BCUT2D eigenvalue weighted by Gasteiger charge is -2.40. The fourth-order valence-corrected chi connectivity index (χ4v) is 3.33. The van der Waals surface area contributed by atoms with Gasteiger partial charge < -0.3 is 20.2 Å². The van der Waals surface area contributed by atoms with E-state index in [1.54, 1.807) is 4.90 Å². The van der Waals surface area contributed by atoms with Crippen LogP contribution in [0, 0.1) is 5.92 Å². The second kappa shape index (κ2) is 7.64. The second-order valence-corrected chi connectivity index (χ2v) is 6.08. The number of hydrogen-bond acceptors (Lipinski definition) is 3. The number of amides is 2. The Balaban J connectivity index is 2.01. The number of likely N-dealkylation sites (tertiary alicyclic amines) is 1. The van der Waals surface area contributed by atoms with Crippen LogP contribution in [0.25, 0.3) is 0 Å². The molecule has 2 aliphatic rings. The fraction of sp³-hybridized carbons (Fsp3) is 0.867. The van der Waals surface area contributed by atoms with Gasteiger partial charge in [-0.15, -0.1) is 0 Å². The van der Waals surface area contributed by atoms with E-state index in [0.29, 0.717) is 25.6 Å². The van der Waals surface area contributed by atoms with Crippen molar-refractivity contribution >= 4 is 12.0 Å². The molecule has 0 aromatic carbocycles. The van der Waals surface area contributed by atoms with Gasteiger partial charge in [0, 0.05) is 25.7 Å². The smallest absolute Gasteiger partial charge is 0.320 e. The van der Waals surface area contributed by atoms with Gasteiger partial charge in [-0.1, -0.05) is 6.92 Å². The van der Waals surface area contributed by atoms with E-state index in [4.69, 9.17) is 5.11 Å². The van der Waals surface area contributed by atoms with Crippen LogP contribution in [0.3, 0.4) is 0 Å². The topological polar surface area (TPSA) is 72.9 Å². The van der Waals surface area contributed by atoms with E-state index < -0.39 is 11.9 Å². The van der Waals surface area contributed by atoms with Crippen molar-refractivity contribution in [2.45, 2.75) is 45.1 Å².